The summed E-state index contributed by atoms with van der Waals surface area (Å²) in [5.74, 6) is -1.13. The molecule has 0 saturated carbocycles. The molecule has 1 unspecified atom stereocenters. The quantitative estimate of drug-likeness (QED) is 0.0812. The summed E-state index contributed by atoms with van der Waals surface area (Å²) in [5.41, 5.74) is 2.31. The molecular weight excluding hydrogens is 669 g/mol. The lowest BCUT2D eigenvalue weighted by Crippen LogP contribution is -2.30. The summed E-state index contributed by atoms with van der Waals surface area (Å²) >= 11 is 13.8. The van der Waals surface area contributed by atoms with Crippen molar-refractivity contribution in [3.8, 4) is 11.5 Å². The summed E-state index contributed by atoms with van der Waals surface area (Å²) in [6.45, 7) is 0. The zero-order chi connectivity index (χ0) is 34.0. The number of carbonyl (C=O) groups is 3. The molecule has 5 aromatic carbocycles. The van der Waals surface area contributed by atoms with Crippen molar-refractivity contribution >= 4 is 70.1 Å². The van der Waals surface area contributed by atoms with E-state index in [1.54, 1.807) is 72.8 Å². The van der Waals surface area contributed by atoms with Gasteiger partial charge in [-0.3, -0.25) is 14.4 Å². The van der Waals surface area contributed by atoms with Crippen LogP contribution in [0, 0.1) is 0 Å². The summed E-state index contributed by atoms with van der Waals surface area (Å²) in [5, 5.41) is 18.2. The van der Waals surface area contributed by atoms with Crippen LogP contribution in [0.25, 0.3) is 6.08 Å². The fourth-order valence-electron chi connectivity index (χ4n) is 4.60. The number of thioether (sulfide) groups is 1. The van der Waals surface area contributed by atoms with Crippen molar-refractivity contribution in [2.24, 2.45) is 0 Å². The van der Waals surface area contributed by atoms with E-state index in [0.717, 1.165) is 5.56 Å². The van der Waals surface area contributed by atoms with Gasteiger partial charge in [0.2, 0.25) is 5.91 Å². The van der Waals surface area contributed by atoms with Crippen LogP contribution in [0.2, 0.25) is 10.0 Å². The maximum absolute atomic E-state index is 13.7. The topological polar surface area (TPSA) is 117 Å². The number of methoxy groups -OCH3 is 1. The van der Waals surface area contributed by atoms with E-state index < -0.39 is 17.1 Å². The van der Waals surface area contributed by atoms with E-state index in [0.29, 0.717) is 38.2 Å². The Balaban J connectivity index is 1.41. The first-order chi connectivity index (χ1) is 23.2. The van der Waals surface area contributed by atoms with Gasteiger partial charge in [-0.15, -0.1) is 11.8 Å². The molecule has 1 atom stereocenters. The molecule has 0 saturated heterocycles. The lowest BCUT2D eigenvalue weighted by Gasteiger charge is -2.18. The number of nitrogens with one attached hydrogen (secondary N) is 3. The number of hydrogen-bond donors (Lipinski definition) is 4. The van der Waals surface area contributed by atoms with Gasteiger partial charge in [-0.2, -0.15) is 0 Å². The van der Waals surface area contributed by atoms with Crippen LogP contribution in [0.3, 0.4) is 0 Å². The summed E-state index contributed by atoms with van der Waals surface area (Å²) in [4.78, 5) is 41.1. The molecule has 0 radical (unpaired) electrons. The minimum Gasteiger partial charge on any atom is -0.508 e. The second-order valence-corrected chi connectivity index (χ2v) is 12.2. The van der Waals surface area contributed by atoms with Gasteiger partial charge in [0.1, 0.15) is 22.4 Å². The van der Waals surface area contributed by atoms with Gasteiger partial charge in [0.05, 0.1) is 22.8 Å². The van der Waals surface area contributed by atoms with Crippen molar-refractivity contribution in [3.63, 3.8) is 0 Å². The van der Waals surface area contributed by atoms with Crippen molar-refractivity contribution in [3.05, 3.63) is 154 Å². The molecule has 8 nitrogen and oxygen atoms in total. The minimum atomic E-state index is -0.685. The fraction of sp³-hybridized carbons (Fsp3) is 0.0541. The molecule has 11 heteroatoms. The standard InChI is InChI=1S/C37H29Cl2N3O5S/c1-47-32-22-27(43)19-18-25(32)20-31(42-35(44)24-12-6-3-7-13-24)36(45)40-26-14-8-15-28(21-26)48-34(23-10-4-2-5-11-23)37(46)41-30-17-9-16-29(38)33(30)39/h2-22,34,43H,1H3,(H,40,45)(H,41,46)(H,42,44)/b31-20+. The van der Waals surface area contributed by atoms with E-state index in [2.05, 4.69) is 16.0 Å². The number of rotatable bonds is 11. The third-order valence-electron chi connectivity index (χ3n) is 6.94. The Morgan fingerprint density at radius 3 is 2.25 bits per heavy atom. The second-order valence-electron chi connectivity index (χ2n) is 10.3. The average molecular weight is 699 g/mol. The first kappa shape index (κ1) is 34.1. The molecule has 0 fully saturated rings. The third kappa shape index (κ3) is 8.77. The van der Waals surface area contributed by atoms with Crippen LogP contribution in [-0.2, 0) is 9.59 Å². The van der Waals surface area contributed by atoms with Gasteiger partial charge in [-0.25, -0.2) is 0 Å². The number of phenolic OH excluding ortho intramolecular Hbond substituents is 1. The highest BCUT2D eigenvalue weighted by molar-refractivity contribution is 8.00. The Morgan fingerprint density at radius 1 is 0.812 bits per heavy atom. The highest BCUT2D eigenvalue weighted by atomic mass is 35.5. The zero-order valence-electron chi connectivity index (χ0n) is 25.4. The highest BCUT2D eigenvalue weighted by Gasteiger charge is 2.24. The minimum absolute atomic E-state index is 0.0178. The molecule has 0 spiro atoms. The Hall–Kier alpha value is -5.22. The predicted octanol–water partition coefficient (Wildman–Crippen LogP) is 8.59. The van der Waals surface area contributed by atoms with Crippen LogP contribution in [0.5, 0.6) is 11.5 Å². The largest absolute Gasteiger partial charge is 0.508 e. The zero-order valence-corrected chi connectivity index (χ0v) is 27.8. The van der Waals surface area contributed by atoms with Gasteiger partial charge < -0.3 is 25.8 Å². The van der Waals surface area contributed by atoms with Gasteiger partial charge in [-0.1, -0.05) is 83.9 Å². The smallest absolute Gasteiger partial charge is 0.272 e. The molecule has 242 valence electrons. The second kappa shape index (κ2) is 16.1. The molecule has 0 aliphatic heterocycles. The summed E-state index contributed by atoms with van der Waals surface area (Å²) < 4.78 is 5.37. The number of anilines is 2. The number of amides is 3. The fourth-order valence-corrected chi connectivity index (χ4v) is 6.03. The third-order valence-corrected chi connectivity index (χ3v) is 9.01. The van der Waals surface area contributed by atoms with Gasteiger partial charge >= 0.3 is 0 Å². The Morgan fingerprint density at radius 2 is 1.52 bits per heavy atom. The van der Waals surface area contributed by atoms with Crippen molar-refractivity contribution in [1.82, 2.24) is 5.32 Å². The number of hydrogen-bond acceptors (Lipinski definition) is 6. The molecule has 0 aromatic heterocycles. The van der Waals surface area contributed by atoms with Crippen LogP contribution >= 0.6 is 35.0 Å². The Kier molecular flexibility index (Phi) is 11.4. The van der Waals surface area contributed by atoms with Gasteiger partial charge in [-0.05, 0) is 66.2 Å². The van der Waals surface area contributed by atoms with Crippen molar-refractivity contribution in [2.75, 3.05) is 17.7 Å². The number of ether oxygens (including phenoxy) is 1. The lowest BCUT2D eigenvalue weighted by atomic mass is 10.1. The normalized spacial score (nSPS) is 11.7. The number of aromatic hydroxyl groups is 1. The average Bonchev–Trinajstić information content (AvgIpc) is 3.10. The highest BCUT2D eigenvalue weighted by Crippen LogP contribution is 2.38. The molecule has 5 rings (SSSR count). The summed E-state index contributed by atoms with van der Waals surface area (Å²) in [6.07, 6.45) is 1.46. The molecule has 5 aromatic rings. The maximum Gasteiger partial charge on any atom is 0.272 e. The summed E-state index contributed by atoms with van der Waals surface area (Å²) in [7, 11) is 1.43. The first-order valence-corrected chi connectivity index (χ1v) is 16.2. The van der Waals surface area contributed by atoms with Gasteiger partial charge in [0, 0.05) is 27.8 Å². The molecule has 4 N–H and O–H groups in total. The Bertz CT molecular complexity index is 1970. The molecule has 0 bridgehead atoms. The number of benzene rings is 5. The Labute approximate surface area is 291 Å². The number of halogens is 2. The van der Waals surface area contributed by atoms with E-state index in [1.807, 2.05) is 36.4 Å². The van der Waals surface area contributed by atoms with Crippen LogP contribution in [0.15, 0.2) is 132 Å². The van der Waals surface area contributed by atoms with E-state index in [-0.39, 0.29) is 22.4 Å². The SMILES string of the molecule is COc1cc(O)ccc1/C=C(/NC(=O)c1ccccc1)C(=O)Nc1cccc(SC(C(=O)Nc2cccc(Cl)c2Cl)c2ccccc2)c1. The molecular formula is C37H29Cl2N3O5S. The predicted molar refractivity (Wildman–Crippen MR) is 192 cm³/mol. The molecule has 0 aliphatic rings. The lowest BCUT2D eigenvalue weighted by molar-refractivity contribution is -0.116. The molecule has 0 heterocycles. The van der Waals surface area contributed by atoms with Crippen LogP contribution in [0.4, 0.5) is 11.4 Å². The molecule has 3 amide bonds. The van der Waals surface area contributed by atoms with E-state index in [4.69, 9.17) is 27.9 Å². The summed E-state index contributed by atoms with van der Waals surface area (Å²) in [6, 6.07) is 34.2. The van der Waals surface area contributed by atoms with Crippen LogP contribution < -0.4 is 20.7 Å². The van der Waals surface area contributed by atoms with Crippen LogP contribution in [0.1, 0.15) is 26.7 Å². The van der Waals surface area contributed by atoms with Crippen LogP contribution in [-0.4, -0.2) is 29.9 Å². The van der Waals surface area contributed by atoms with E-state index in [9.17, 15) is 19.5 Å². The molecule has 0 aliphatic carbocycles. The van der Waals surface area contributed by atoms with Crippen molar-refractivity contribution < 1.29 is 24.2 Å². The number of carbonyl (C=O) groups excluding carboxylic acids is 3. The van der Waals surface area contributed by atoms with E-state index in [1.165, 1.54) is 37.1 Å². The monoisotopic (exact) mass is 697 g/mol. The van der Waals surface area contributed by atoms with Gasteiger partial charge in [0.15, 0.2) is 0 Å². The first-order valence-electron chi connectivity index (χ1n) is 14.5. The number of phenols is 1. The van der Waals surface area contributed by atoms with Crippen molar-refractivity contribution in [2.45, 2.75) is 10.1 Å². The van der Waals surface area contributed by atoms with Gasteiger partial charge in [0.25, 0.3) is 11.8 Å². The van der Waals surface area contributed by atoms with Crippen molar-refractivity contribution in [1.29, 1.82) is 0 Å². The molecule has 48 heavy (non-hydrogen) atoms. The maximum atomic E-state index is 13.7. The van der Waals surface area contributed by atoms with E-state index >= 15 is 0 Å².